The third-order valence-corrected chi connectivity index (χ3v) is 3.54. The van der Waals surface area contributed by atoms with E-state index in [0.717, 1.165) is 16.7 Å². The number of anilines is 1. The van der Waals surface area contributed by atoms with Gasteiger partial charge in [-0.3, -0.25) is 0 Å². The summed E-state index contributed by atoms with van der Waals surface area (Å²) in [5.41, 5.74) is 3.97. The van der Waals surface area contributed by atoms with Crippen LogP contribution in [0.25, 0.3) is 11.1 Å². The molecule has 0 aliphatic heterocycles. The van der Waals surface area contributed by atoms with E-state index in [2.05, 4.69) is 38.6 Å². The molecule has 0 saturated heterocycles. The number of rotatable bonds is 5. The summed E-state index contributed by atoms with van der Waals surface area (Å²) in [4.78, 5) is 8.37. The third kappa shape index (κ3) is 3.06. The minimum Gasteiger partial charge on any atom is -0.424 e. The molecule has 1 N–H and O–H groups in total. The summed E-state index contributed by atoms with van der Waals surface area (Å²) in [5, 5.41) is 7.35. The highest BCUT2D eigenvalue weighted by Crippen LogP contribution is 2.18. The molecule has 23 heavy (non-hydrogen) atoms. The van der Waals surface area contributed by atoms with Gasteiger partial charge in [-0.1, -0.05) is 36.4 Å². The van der Waals surface area contributed by atoms with Gasteiger partial charge < -0.3 is 9.73 Å². The standard InChI is InChI=1S/C17H15N5O/c1-2-7-16-15(6-1)21-17(23-16)19-9-13-4-3-5-14(8-13)10-22-12-18-11-20-22/h1-8,11-12H,9-10H2,(H,19,21). The van der Waals surface area contributed by atoms with Crippen LogP contribution in [-0.4, -0.2) is 19.7 Å². The molecule has 4 rings (SSSR count). The minimum absolute atomic E-state index is 0.535. The molecule has 0 radical (unpaired) electrons. The SMILES string of the molecule is c1cc(CNc2nc3ccccc3o2)cc(Cn2cncn2)c1. The second kappa shape index (κ2) is 5.92. The lowest BCUT2D eigenvalue weighted by molar-refractivity contribution is 0.614. The fourth-order valence-electron chi connectivity index (χ4n) is 2.46. The molecular formula is C17H15N5O. The molecule has 2 aromatic heterocycles. The Morgan fingerprint density at radius 3 is 2.83 bits per heavy atom. The summed E-state index contributed by atoms with van der Waals surface area (Å²) in [7, 11) is 0. The van der Waals surface area contributed by atoms with Gasteiger partial charge in [-0.05, 0) is 23.3 Å². The number of hydrogen-bond donors (Lipinski definition) is 1. The van der Waals surface area contributed by atoms with Gasteiger partial charge in [0.1, 0.15) is 18.2 Å². The molecule has 0 saturated carbocycles. The van der Waals surface area contributed by atoms with E-state index in [4.69, 9.17) is 4.42 Å². The highest BCUT2D eigenvalue weighted by molar-refractivity contribution is 5.74. The van der Waals surface area contributed by atoms with Crippen LogP contribution in [0.4, 0.5) is 6.01 Å². The van der Waals surface area contributed by atoms with Crippen LogP contribution in [0.5, 0.6) is 0 Å². The lowest BCUT2D eigenvalue weighted by Crippen LogP contribution is -2.03. The zero-order valence-electron chi connectivity index (χ0n) is 12.4. The quantitative estimate of drug-likeness (QED) is 0.613. The van der Waals surface area contributed by atoms with Crippen molar-refractivity contribution in [2.45, 2.75) is 13.1 Å². The predicted molar refractivity (Wildman–Crippen MR) is 86.9 cm³/mol. The van der Waals surface area contributed by atoms with Crippen LogP contribution >= 0.6 is 0 Å². The molecule has 0 aliphatic carbocycles. The molecule has 0 aliphatic rings. The van der Waals surface area contributed by atoms with E-state index in [0.29, 0.717) is 19.1 Å². The first-order chi connectivity index (χ1) is 11.4. The Morgan fingerprint density at radius 1 is 1.04 bits per heavy atom. The van der Waals surface area contributed by atoms with Crippen molar-refractivity contribution in [3.63, 3.8) is 0 Å². The van der Waals surface area contributed by atoms with Gasteiger partial charge in [-0.25, -0.2) is 9.67 Å². The number of nitrogens with zero attached hydrogens (tertiary/aromatic N) is 4. The first kappa shape index (κ1) is 13.5. The molecule has 4 aromatic rings. The lowest BCUT2D eigenvalue weighted by Gasteiger charge is -2.06. The monoisotopic (exact) mass is 305 g/mol. The van der Waals surface area contributed by atoms with E-state index >= 15 is 0 Å². The van der Waals surface area contributed by atoms with Gasteiger partial charge in [0.25, 0.3) is 6.01 Å². The second-order valence-corrected chi connectivity index (χ2v) is 5.25. The van der Waals surface area contributed by atoms with Crippen LogP contribution < -0.4 is 5.32 Å². The van der Waals surface area contributed by atoms with Crippen molar-refractivity contribution in [1.82, 2.24) is 19.7 Å². The van der Waals surface area contributed by atoms with Crippen molar-refractivity contribution in [3.05, 3.63) is 72.3 Å². The Balaban J connectivity index is 1.46. The summed E-state index contributed by atoms with van der Waals surface area (Å²) in [5.74, 6) is 0. The number of aromatic nitrogens is 4. The van der Waals surface area contributed by atoms with Gasteiger partial charge in [0, 0.05) is 6.54 Å². The molecule has 0 amide bonds. The summed E-state index contributed by atoms with van der Waals surface area (Å²) in [6, 6.07) is 16.6. The van der Waals surface area contributed by atoms with Gasteiger partial charge in [-0.15, -0.1) is 0 Å². The molecule has 114 valence electrons. The molecule has 2 aromatic carbocycles. The minimum atomic E-state index is 0.535. The number of fused-ring (bicyclic) bond motifs is 1. The van der Waals surface area contributed by atoms with E-state index in [1.54, 1.807) is 17.3 Å². The van der Waals surface area contributed by atoms with Crippen LogP contribution in [0, 0.1) is 0 Å². The maximum Gasteiger partial charge on any atom is 0.295 e. The van der Waals surface area contributed by atoms with Gasteiger partial charge in [0.05, 0.1) is 6.54 Å². The first-order valence-corrected chi connectivity index (χ1v) is 7.36. The third-order valence-electron chi connectivity index (χ3n) is 3.54. The normalized spacial score (nSPS) is 11.0. The largest absolute Gasteiger partial charge is 0.424 e. The van der Waals surface area contributed by atoms with Crippen LogP contribution in [0.15, 0.2) is 65.6 Å². The predicted octanol–water partition coefficient (Wildman–Crippen LogP) is 3.08. The molecule has 0 spiro atoms. The van der Waals surface area contributed by atoms with Crippen molar-refractivity contribution >= 4 is 17.1 Å². The van der Waals surface area contributed by atoms with E-state index in [1.165, 1.54) is 5.56 Å². The van der Waals surface area contributed by atoms with Crippen molar-refractivity contribution in [3.8, 4) is 0 Å². The summed E-state index contributed by atoms with van der Waals surface area (Å²) in [6.07, 6.45) is 3.25. The van der Waals surface area contributed by atoms with Gasteiger partial charge >= 0.3 is 0 Å². The Hall–Kier alpha value is -3.15. The maximum absolute atomic E-state index is 5.66. The van der Waals surface area contributed by atoms with E-state index in [9.17, 15) is 0 Å². The summed E-state index contributed by atoms with van der Waals surface area (Å²) >= 11 is 0. The molecule has 2 heterocycles. The number of para-hydroxylation sites is 2. The van der Waals surface area contributed by atoms with E-state index in [-0.39, 0.29) is 0 Å². The Morgan fingerprint density at radius 2 is 1.96 bits per heavy atom. The number of hydrogen-bond acceptors (Lipinski definition) is 5. The number of benzene rings is 2. The molecule has 6 heteroatoms. The summed E-state index contributed by atoms with van der Waals surface area (Å²) in [6.45, 7) is 1.36. The van der Waals surface area contributed by atoms with Crippen molar-refractivity contribution in [2.75, 3.05) is 5.32 Å². The van der Waals surface area contributed by atoms with Gasteiger partial charge in [0.15, 0.2) is 5.58 Å². The fourth-order valence-corrected chi connectivity index (χ4v) is 2.46. The molecular weight excluding hydrogens is 290 g/mol. The Kier molecular flexibility index (Phi) is 3.48. The average molecular weight is 305 g/mol. The topological polar surface area (TPSA) is 68.8 Å². The maximum atomic E-state index is 5.66. The van der Waals surface area contributed by atoms with Crippen molar-refractivity contribution in [2.24, 2.45) is 0 Å². The molecule has 0 fully saturated rings. The van der Waals surface area contributed by atoms with Crippen molar-refractivity contribution < 1.29 is 4.42 Å². The van der Waals surface area contributed by atoms with Crippen molar-refractivity contribution in [1.29, 1.82) is 0 Å². The average Bonchev–Trinajstić information content (AvgIpc) is 3.22. The van der Waals surface area contributed by atoms with Crippen LogP contribution in [0.2, 0.25) is 0 Å². The zero-order valence-corrected chi connectivity index (χ0v) is 12.4. The van der Waals surface area contributed by atoms with Gasteiger partial charge in [-0.2, -0.15) is 10.1 Å². The first-order valence-electron chi connectivity index (χ1n) is 7.36. The van der Waals surface area contributed by atoms with Crippen LogP contribution in [0.1, 0.15) is 11.1 Å². The lowest BCUT2D eigenvalue weighted by atomic mass is 10.1. The molecule has 0 bridgehead atoms. The van der Waals surface area contributed by atoms with E-state index < -0.39 is 0 Å². The highest BCUT2D eigenvalue weighted by Gasteiger charge is 2.04. The zero-order chi connectivity index (χ0) is 15.5. The van der Waals surface area contributed by atoms with Gasteiger partial charge in [0.2, 0.25) is 0 Å². The molecule has 6 nitrogen and oxygen atoms in total. The molecule has 0 unspecified atom stereocenters. The second-order valence-electron chi connectivity index (χ2n) is 5.25. The fraction of sp³-hybridized carbons (Fsp3) is 0.118. The number of nitrogens with one attached hydrogen (secondary N) is 1. The van der Waals surface area contributed by atoms with Crippen LogP contribution in [0.3, 0.4) is 0 Å². The highest BCUT2D eigenvalue weighted by atomic mass is 16.4. The molecule has 0 atom stereocenters. The van der Waals surface area contributed by atoms with E-state index in [1.807, 2.05) is 30.3 Å². The smallest absolute Gasteiger partial charge is 0.295 e. The number of oxazole rings is 1. The Bertz CT molecular complexity index is 881. The van der Waals surface area contributed by atoms with Crippen LogP contribution in [-0.2, 0) is 13.1 Å². The summed E-state index contributed by atoms with van der Waals surface area (Å²) < 4.78 is 7.46. The Labute approximate surface area is 132 Å².